The van der Waals surface area contributed by atoms with Gasteiger partial charge in [-0.1, -0.05) is 6.42 Å². The highest BCUT2D eigenvalue weighted by atomic mass is 32.2. The molecule has 1 aliphatic heterocycles. The molecule has 1 rings (SSSR count). The molecular weight excluding hydrogens is 200 g/mol. The molecule has 0 spiro atoms. The molecule has 0 aliphatic carbocycles. The van der Waals surface area contributed by atoms with Gasteiger partial charge in [-0.15, -0.1) is 0 Å². The van der Waals surface area contributed by atoms with Crippen molar-refractivity contribution in [2.75, 3.05) is 31.1 Å². The molecule has 0 bridgehead atoms. The fourth-order valence-electron chi connectivity index (χ4n) is 1.62. The Hall–Kier alpha value is -0.600. The van der Waals surface area contributed by atoms with Crippen molar-refractivity contribution in [1.29, 1.82) is 5.26 Å². The van der Waals surface area contributed by atoms with Crippen LogP contribution in [0.1, 0.15) is 19.3 Å². The van der Waals surface area contributed by atoms with Crippen LogP contribution < -0.4 is 0 Å². The minimum atomic E-state index is -3.13. The van der Waals surface area contributed by atoms with Gasteiger partial charge in [0.25, 0.3) is 0 Å². The summed E-state index contributed by atoms with van der Waals surface area (Å²) in [6, 6.07) is 1.69. The number of sulfone groups is 1. The first-order chi connectivity index (χ1) is 6.64. The van der Waals surface area contributed by atoms with E-state index >= 15 is 0 Å². The third-order valence-corrected chi connectivity index (χ3v) is 3.83. The molecule has 1 aliphatic rings. The van der Waals surface area contributed by atoms with Crippen LogP contribution in [0.3, 0.4) is 0 Å². The van der Waals surface area contributed by atoms with E-state index < -0.39 is 9.84 Å². The van der Waals surface area contributed by atoms with E-state index in [1.165, 1.54) is 6.42 Å². The summed E-state index contributed by atoms with van der Waals surface area (Å²) in [7, 11) is -3.13. The first kappa shape index (κ1) is 11.5. The summed E-state index contributed by atoms with van der Waals surface area (Å²) in [6.45, 7) is 2.59. The summed E-state index contributed by atoms with van der Waals surface area (Å²) < 4.78 is 22.4. The number of nitriles is 1. The van der Waals surface area contributed by atoms with Crippen LogP contribution in [-0.2, 0) is 9.84 Å². The van der Waals surface area contributed by atoms with Crippen LogP contribution in [0.25, 0.3) is 0 Å². The van der Waals surface area contributed by atoms with Gasteiger partial charge < -0.3 is 4.90 Å². The van der Waals surface area contributed by atoms with E-state index in [4.69, 9.17) is 5.26 Å². The Kier molecular flexibility index (Phi) is 4.36. The van der Waals surface area contributed by atoms with Crippen LogP contribution in [0.15, 0.2) is 0 Å². The zero-order valence-corrected chi connectivity index (χ0v) is 9.09. The van der Waals surface area contributed by atoms with Crippen LogP contribution >= 0.6 is 0 Å². The Morgan fingerprint density at radius 3 is 2.43 bits per heavy atom. The summed E-state index contributed by atoms with van der Waals surface area (Å²) in [5, 5.41) is 8.30. The highest BCUT2D eigenvalue weighted by molar-refractivity contribution is 7.91. The predicted molar refractivity (Wildman–Crippen MR) is 54.6 cm³/mol. The third kappa shape index (κ3) is 4.07. The summed E-state index contributed by atoms with van der Waals surface area (Å²) in [5.41, 5.74) is 0. The van der Waals surface area contributed by atoms with Crippen LogP contribution in [0, 0.1) is 11.3 Å². The number of piperidine rings is 1. The zero-order valence-electron chi connectivity index (χ0n) is 8.28. The van der Waals surface area contributed by atoms with Gasteiger partial charge in [-0.05, 0) is 25.9 Å². The minimum absolute atomic E-state index is 0.126. The van der Waals surface area contributed by atoms with Crippen molar-refractivity contribution in [2.24, 2.45) is 0 Å². The van der Waals surface area contributed by atoms with Crippen molar-refractivity contribution in [3.8, 4) is 6.07 Å². The zero-order chi connectivity index (χ0) is 10.4. The standard InChI is InChI=1S/C9H16N2O2S/c10-4-8-14(12,13)9-7-11-5-2-1-3-6-11/h1-3,5-9H2. The Labute approximate surface area is 85.4 Å². The summed E-state index contributed by atoms with van der Waals surface area (Å²) in [5.74, 6) is -0.221. The fraction of sp³-hybridized carbons (Fsp3) is 0.889. The van der Waals surface area contributed by atoms with Gasteiger partial charge in [0.05, 0.1) is 11.8 Å². The molecule has 0 unspecified atom stereocenters. The monoisotopic (exact) mass is 216 g/mol. The van der Waals surface area contributed by atoms with Crippen LogP contribution in [0.4, 0.5) is 0 Å². The maximum absolute atomic E-state index is 11.2. The van der Waals surface area contributed by atoms with E-state index in [1.807, 2.05) is 0 Å². The fourth-order valence-corrected chi connectivity index (χ4v) is 2.50. The van der Waals surface area contributed by atoms with Crippen LogP contribution in [-0.4, -0.2) is 44.5 Å². The maximum atomic E-state index is 11.2. The molecule has 0 radical (unpaired) electrons. The van der Waals surface area contributed by atoms with E-state index in [-0.39, 0.29) is 11.5 Å². The topological polar surface area (TPSA) is 61.2 Å². The minimum Gasteiger partial charge on any atom is -0.302 e. The first-order valence-electron chi connectivity index (χ1n) is 4.94. The number of hydrogen-bond acceptors (Lipinski definition) is 4. The van der Waals surface area contributed by atoms with Crippen molar-refractivity contribution in [3.63, 3.8) is 0 Å². The molecule has 1 saturated heterocycles. The quantitative estimate of drug-likeness (QED) is 0.683. The molecule has 1 fully saturated rings. The summed E-state index contributed by atoms with van der Waals surface area (Å²) in [6.07, 6.45) is 3.58. The van der Waals surface area contributed by atoms with E-state index in [0.717, 1.165) is 25.9 Å². The van der Waals surface area contributed by atoms with Gasteiger partial charge in [0.2, 0.25) is 0 Å². The summed E-state index contributed by atoms with van der Waals surface area (Å²) >= 11 is 0. The molecule has 0 atom stereocenters. The number of hydrogen-bond donors (Lipinski definition) is 0. The molecule has 0 aromatic carbocycles. The molecule has 4 nitrogen and oxygen atoms in total. The predicted octanol–water partition coefficient (Wildman–Crippen LogP) is 0.411. The van der Waals surface area contributed by atoms with Gasteiger partial charge in [0.15, 0.2) is 9.84 Å². The molecule has 1 heterocycles. The number of likely N-dealkylation sites (tertiary alicyclic amines) is 1. The van der Waals surface area contributed by atoms with Crippen molar-refractivity contribution >= 4 is 9.84 Å². The first-order valence-corrected chi connectivity index (χ1v) is 6.76. The molecule has 0 saturated carbocycles. The molecule has 0 amide bonds. The molecule has 0 aromatic rings. The maximum Gasteiger partial charge on any atom is 0.164 e. The molecular formula is C9H16N2O2S. The number of rotatable bonds is 4. The van der Waals surface area contributed by atoms with Crippen molar-refractivity contribution in [3.05, 3.63) is 0 Å². The summed E-state index contributed by atoms with van der Waals surface area (Å²) in [4.78, 5) is 2.17. The third-order valence-electron chi connectivity index (χ3n) is 2.45. The average molecular weight is 216 g/mol. The van der Waals surface area contributed by atoms with Gasteiger partial charge in [0, 0.05) is 6.54 Å². The number of nitrogens with zero attached hydrogens (tertiary/aromatic N) is 2. The highest BCUT2D eigenvalue weighted by Crippen LogP contribution is 2.08. The molecule has 14 heavy (non-hydrogen) atoms. The van der Waals surface area contributed by atoms with Crippen molar-refractivity contribution in [1.82, 2.24) is 4.90 Å². The van der Waals surface area contributed by atoms with Gasteiger partial charge in [-0.25, -0.2) is 8.42 Å². The lowest BCUT2D eigenvalue weighted by atomic mass is 10.1. The SMILES string of the molecule is N#CCS(=O)(=O)CCN1CCCCC1. The van der Waals surface area contributed by atoms with Crippen LogP contribution in [0.5, 0.6) is 0 Å². The lowest BCUT2D eigenvalue weighted by Crippen LogP contribution is -2.34. The smallest absolute Gasteiger partial charge is 0.164 e. The van der Waals surface area contributed by atoms with Gasteiger partial charge in [-0.3, -0.25) is 0 Å². The van der Waals surface area contributed by atoms with E-state index in [9.17, 15) is 8.42 Å². The van der Waals surface area contributed by atoms with E-state index in [2.05, 4.69) is 4.90 Å². The van der Waals surface area contributed by atoms with Gasteiger partial charge in [-0.2, -0.15) is 5.26 Å². The van der Waals surface area contributed by atoms with E-state index in [1.54, 1.807) is 6.07 Å². The lowest BCUT2D eigenvalue weighted by Gasteiger charge is -2.25. The van der Waals surface area contributed by atoms with Crippen molar-refractivity contribution in [2.45, 2.75) is 19.3 Å². The van der Waals surface area contributed by atoms with Crippen LogP contribution in [0.2, 0.25) is 0 Å². The second-order valence-corrected chi connectivity index (χ2v) is 5.84. The Morgan fingerprint density at radius 2 is 1.86 bits per heavy atom. The Balaban J connectivity index is 2.29. The van der Waals surface area contributed by atoms with Gasteiger partial charge >= 0.3 is 0 Å². The Morgan fingerprint density at radius 1 is 1.21 bits per heavy atom. The largest absolute Gasteiger partial charge is 0.302 e. The normalized spacial score (nSPS) is 19.1. The molecule has 80 valence electrons. The van der Waals surface area contributed by atoms with E-state index in [0.29, 0.717) is 6.54 Å². The second kappa shape index (κ2) is 5.32. The Bertz CT molecular complexity index is 299. The van der Waals surface area contributed by atoms with Gasteiger partial charge in [0.1, 0.15) is 5.75 Å². The highest BCUT2D eigenvalue weighted by Gasteiger charge is 2.15. The molecule has 5 heteroatoms. The second-order valence-electron chi connectivity index (χ2n) is 3.65. The molecule has 0 N–H and O–H groups in total. The lowest BCUT2D eigenvalue weighted by molar-refractivity contribution is 0.241. The molecule has 0 aromatic heterocycles. The average Bonchev–Trinajstić information content (AvgIpc) is 2.17. The van der Waals surface area contributed by atoms with Crippen molar-refractivity contribution < 1.29 is 8.42 Å².